The van der Waals surface area contributed by atoms with Gasteiger partial charge in [0.25, 0.3) is 0 Å². The molecule has 3 aromatic rings. The first kappa shape index (κ1) is 18.1. The van der Waals surface area contributed by atoms with E-state index < -0.39 is 5.41 Å². The SMILES string of the molecule is COC(=O)C(C)(C)C(c1cccc(CO)c1)c1ccc2c(c1)nnn2C. The van der Waals surface area contributed by atoms with Gasteiger partial charge in [-0.2, -0.15) is 0 Å². The van der Waals surface area contributed by atoms with Crippen molar-refractivity contribution in [1.29, 1.82) is 0 Å². The molecule has 6 heteroatoms. The highest BCUT2D eigenvalue weighted by Crippen LogP contribution is 2.42. The fourth-order valence-corrected chi connectivity index (χ4v) is 3.51. The summed E-state index contributed by atoms with van der Waals surface area (Å²) in [5, 5.41) is 17.7. The van der Waals surface area contributed by atoms with E-state index in [2.05, 4.69) is 10.3 Å². The Hall–Kier alpha value is -2.73. The van der Waals surface area contributed by atoms with E-state index in [1.807, 2.05) is 63.4 Å². The molecule has 0 saturated carbocycles. The molecule has 0 spiro atoms. The van der Waals surface area contributed by atoms with Crippen molar-refractivity contribution in [1.82, 2.24) is 15.0 Å². The molecule has 2 aromatic carbocycles. The quantitative estimate of drug-likeness (QED) is 0.714. The number of aromatic nitrogens is 3. The summed E-state index contributed by atoms with van der Waals surface area (Å²) in [5.41, 5.74) is 3.58. The highest BCUT2D eigenvalue weighted by atomic mass is 16.5. The molecule has 6 nitrogen and oxygen atoms in total. The number of rotatable bonds is 5. The van der Waals surface area contributed by atoms with Crippen LogP contribution in [0, 0.1) is 5.41 Å². The molecule has 0 bridgehead atoms. The Morgan fingerprint density at radius 1 is 1.23 bits per heavy atom. The molecule has 0 saturated heterocycles. The zero-order chi connectivity index (χ0) is 18.9. The smallest absolute Gasteiger partial charge is 0.312 e. The highest BCUT2D eigenvalue weighted by molar-refractivity contribution is 5.80. The van der Waals surface area contributed by atoms with Crippen LogP contribution in [-0.4, -0.2) is 33.2 Å². The number of aryl methyl sites for hydroxylation is 1. The van der Waals surface area contributed by atoms with E-state index in [0.717, 1.165) is 27.7 Å². The summed E-state index contributed by atoms with van der Waals surface area (Å²) in [6.07, 6.45) is 0. The molecule has 1 unspecified atom stereocenters. The molecular formula is C20H23N3O3. The minimum atomic E-state index is -0.807. The Morgan fingerprint density at radius 2 is 1.96 bits per heavy atom. The molecule has 26 heavy (non-hydrogen) atoms. The number of aliphatic hydroxyl groups excluding tert-OH is 1. The lowest BCUT2D eigenvalue weighted by molar-refractivity contribution is -0.151. The molecule has 0 aliphatic heterocycles. The summed E-state index contributed by atoms with van der Waals surface area (Å²) < 4.78 is 6.78. The van der Waals surface area contributed by atoms with Gasteiger partial charge in [0.15, 0.2) is 0 Å². The van der Waals surface area contributed by atoms with Crippen LogP contribution in [0.2, 0.25) is 0 Å². The Labute approximate surface area is 152 Å². The lowest BCUT2D eigenvalue weighted by atomic mass is 9.71. The van der Waals surface area contributed by atoms with Gasteiger partial charge in [-0.05, 0) is 42.7 Å². The van der Waals surface area contributed by atoms with Gasteiger partial charge in [-0.1, -0.05) is 35.5 Å². The average Bonchev–Trinajstić information content (AvgIpc) is 3.01. The third-order valence-corrected chi connectivity index (χ3v) is 4.87. The number of aliphatic hydroxyl groups is 1. The third-order valence-electron chi connectivity index (χ3n) is 4.87. The molecule has 0 aliphatic rings. The van der Waals surface area contributed by atoms with E-state index in [1.54, 1.807) is 4.68 Å². The molecule has 0 amide bonds. The topological polar surface area (TPSA) is 77.2 Å². The Balaban J connectivity index is 2.19. The summed E-state index contributed by atoms with van der Waals surface area (Å²) in [6, 6.07) is 13.6. The van der Waals surface area contributed by atoms with Crippen LogP contribution >= 0.6 is 0 Å². The van der Waals surface area contributed by atoms with Gasteiger partial charge in [-0.25, -0.2) is 4.68 Å². The molecule has 1 aromatic heterocycles. The van der Waals surface area contributed by atoms with Gasteiger partial charge >= 0.3 is 5.97 Å². The highest BCUT2D eigenvalue weighted by Gasteiger charge is 2.40. The van der Waals surface area contributed by atoms with Crippen LogP contribution in [0.15, 0.2) is 42.5 Å². The summed E-state index contributed by atoms with van der Waals surface area (Å²) in [5.74, 6) is -0.552. The second-order valence-electron chi connectivity index (χ2n) is 7.01. The van der Waals surface area contributed by atoms with Gasteiger partial charge in [-0.15, -0.1) is 5.10 Å². The van der Waals surface area contributed by atoms with Gasteiger partial charge in [-0.3, -0.25) is 4.79 Å². The van der Waals surface area contributed by atoms with E-state index in [9.17, 15) is 9.90 Å². The molecule has 3 rings (SSSR count). The number of nitrogens with zero attached hydrogens (tertiary/aromatic N) is 3. The number of hydrogen-bond acceptors (Lipinski definition) is 5. The lowest BCUT2D eigenvalue weighted by Crippen LogP contribution is -2.33. The van der Waals surface area contributed by atoms with Crippen molar-refractivity contribution in [3.05, 3.63) is 59.2 Å². The molecule has 1 heterocycles. The summed E-state index contributed by atoms with van der Waals surface area (Å²) in [4.78, 5) is 12.5. The van der Waals surface area contributed by atoms with Crippen molar-refractivity contribution in [2.75, 3.05) is 7.11 Å². The predicted molar refractivity (Wildman–Crippen MR) is 98.5 cm³/mol. The zero-order valence-corrected chi connectivity index (χ0v) is 15.4. The van der Waals surface area contributed by atoms with Crippen molar-refractivity contribution < 1.29 is 14.6 Å². The minimum absolute atomic E-state index is 0.0532. The standard InChI is InChI=1S/C20H23N3O3/c1-20(2,19(25)26-4)18(14-7-5-6-13(10-14)12-24)15-8-9-17-16(11-15)21-22-23(17)3/h5-11,18,24H,12H2,1-4H3. The van der Waals surface area contributed by atoms with Crippen molar-refractivity contribution in [2.45, 2.75) is 26.4 Å². The maximum Gasteiger partial charge on any atom is 0.312 e. The Bertz CT molecular complexity index is 946. The second-order valence-corrected chi connectivity index (χ2v) is 7.01. The van der Waals surface area contributed by atoms with Gasteiger partial charge in [0.1, 0.15) is 5.52 Å². The van der Waals surface area contributed by atoms with Crippen molar-refractivity contribution in [3.8, 4) is 0 Å². The lowest BCUT2D eigenvalue weighted by Gasteiger charge is -2.33. The van der Waals surface area contributed by atoms with Crippen LogP contribution in [0.5, 0.6) is 0 Å². The number of fused-ring (bicyclic) bond motifs is 1. The fraction of sp³-hybridized carbons (Fsp3) is 0.350. The molecule has 0 radical (unpaired) electrons. The fourth-order valence-electron chi connectivity index (χ4n) is 3.51. The van der Waals surface area contributed by atoms with E-state index in [-0.39, 0.29) is 18.5 Å². The maximum absolute atomic E-state index is 12.5. The Kier molecular flexibility index (Phi) is 4.78. The largest absolute Gasteiger partial charge is 0.469 e. The normalized spacial score (nSPS) is 13.0. The monoisotopic (exact) mass is 353 g/mol. The van der Waals surface area contributed by atoms with E-state index >= 15 is 0 Å². The van der Waals surface area contributed by atoms with E-state index in [1.165, 1.54) is 7.11 Å². The third kappa shape index (κ3) is 3.08. The van der Waals surface area contributed by atoms with Gasteiger partial charge < -0.3 is 9.84 Å². The van der Waals surface area contributed by atoms with Gasteiger partial charge in [0, 0.05) is 13.0 Å². The van der Waals surface area contributed by atoms with Crippen LogP contribution in [0.1, 0.15) is 36.5 Å². The number of ether oxygens (including phenoxy) is 1. The van der Waals surface area contributed by atoms with Crippen LogP contribution in [-0.2, 0) is 23.2 Å². The minimum Gasteiger partial charge on any atom is -0.469 e. The maximum atomic E-state index is 12.5. The number of carbonyl (C=O) groups excluding carboxylic acids is 1. The van der Waals surface area contributed by atoms with Crippen LogP contribution in [0.25, 0.3) is 11.0 Å². The van der Waals surface area contributed by atoms with E-state index in [0.29, 0.717) is 0 Å². The summed E-state index contributed by atoms with van der Waals surface area (Å²) >= 11 is 0. The number of hydrogen-bond donors (Lipinski definition) is 1. The zero-order valence-electron chi connectivity index (χ0n) is 15.4. The van der Waals surface area contributed by atoms with Crippen LogP contribution in [0.4, 0.5) is 0 Å². The Morgan fingerprint density at radius 3 is 2.65 bits per heavy atom. The molecule has 136 valence electrons. The molecule has 0 fully saturated rings. The predicted octanol–water partition coefficient (Wildman–Crippen LogP) is 2.79. The summed E-state index contributed by atoms with van der Waals surface area (Å²) in [6.45, 7) is 3.69. The molecule has 0 aliphatic carbocycles. The number of carbonyl (C=O) groups is 1. The van der Waals surface area contributed by atoms with Gasteiger partial charge in [0.2, 0.25) is 0 Å². The number of methoxy groups -OCH3 is 1. The van der Waals surface area contributed by atoms with Crippen molar-refractivity contribution in [2.24, 2.45) is 12.5 Å². The first-order valence-corrected chi connectivity index (χ1v) is 8.46. The van der Waals surface area contributed by atoms with E-state index in [4.69, 9.17) is 4.74 Å². The van der Waals surface area contributed by atoms with Gasteiger partial charge in [0.05, 0.1) is 24.6 Å². The van der Waals surface area contributed by atoms with Crippen LogP contribution < -0.4 is 0 Å². The number of benzene rings is 2. The van der Waals surface area contributed by atoms with Crippen molar-refractivity contribution >= 4 is 17.0 Å². The van der Waals surface area contributed by atoms with Crippen LogP contribution in [0.3, 0.4) is 0 Å². The molecule has 1 N–H and O–H groups in total. The van der Waals surface area contributed by atoms with Crippen molar-refractivity contribution in [3.63, 3.8) is 0 Å². The molecule has 1 atom stereocenters. The summed E-state index contributed by atoms with van der Waals surface area (Å²) in [7, 11) is 3.24. The first-order valence-electron chi connectivity index (χ1n) is 8.46. The first-order chi connectivity index (χ1) is 12.4. The second kappa shape index (κ2) is 6.88. The average molecular weight is 353 g/mol. The molecular weight excluding hydrogens is 330 g/mol. The number of esters is 1.